The Balaban J connectivity index is -0.000000514. The second-order valence-electron chi connectivity index (χ2n) is 6.66. The van der Waals surface area contributed by atoms with Crippen LogP contribution in [0.25, 0.3) is 0 Å². The van der Waals surface area contributed by atoms with E-state index < -0.39 is 35.2 Å². The van der Waals surface area contributed by atoms with Gasteiger partial charge in [-0.3, -0.25) is 0 Å². The first kappa shape index (κ1) is 50.3. The largest absolute Gasteiger partial charge is 0.416 e. The van der Waals surface area contributed by atoms with E-state index in [-0.39, 0.29) is 54.8 Å². The quantitative estimate of drug-likeness (QED) is 0.103. The van der Waals surface area contributed by atoms with Gasteiger partial charge in [0.1, 0.15) is 0 Å². The van der Waals surface area contributed by atoms with Crippen LogP contribution >= 0.6 is 168 Å². The molecule has 0 heterocycles. The van der Waals surface area contributed by atoms with Gasteiger partial charge in [0.2, 0.25) is 0 Å². The Labute approximate surface area is 340 Å². The molecule has 0 aromatic heterocycles. The van der Waals surface area contributed by atoms with Crippen molar-refractivity contribution in [3.8, 4) is 0 Å². The molecule has 43 heavy (non-hydrogen) atoms. The summed E-state index contributed by atoms with van der Waals surface area (Å²) in [7, 11) is 0. The summed E-state index contributed by atoms with van der Waals surface area (Å²) in [6.07, 6.45) is -13.2. The molecular weight excluding hydrogens is 1410 g/mol. The number of alkyl halides is 9. The Kier molecular flexibility index (Phi) is 28.3. The van der Waals surface area contributed by atoms with Crippen molar-refractivity contribution in [2.45, 2.75) is 18.5 Å². The van der Waals surface area contributed by atoms with Gasteiger partial charge in [-0.25, -0.2) is 0 Å². The standard InChI is InChI=1S/C7H2Cl3F3.C7H4Cl2F3N.C7H4ClF3.I3.I2.HI/c8-4-1-3(7(11,12)13)2-5(9)6(4)10;8-4-1-3(7(10,11)12)2-5(9)6(4)13;8-6-3-1-5(2-4-6)7(9,10)11;1-3-2;1-2;/h1-2H;1-2H,13H2;1-4H;;;1H/q;;;-1;;. The fourth-order valence-electron chi connectivity index (χ4n) is 2.11. The molecule has 1 nitrogen and oxygen atoms in total. The fourth-order valence-corrected chi connectivity index (χ4v) is 3.32. The maximum Gasteiger partial charge on any atom is 0.416 e. The third kappa shape index (κ3) is 20.9. The molecule has 0 spiro atoms. The molecule has 3 rings (SSSR count). The SMILES string of the molecule is FC(F)(F)c1cc(Cl)c(Cl)c(Cl)c1.FC(F)(F)c1ccc(Cl)cc1.I.II.I[I-]I.Nc1c(Cl)cc(C(F)(F)F)cc1Cl. The molecule has 0 atom stereocenters. The number of nitrogens with two attached hydrogens (primary N) is 1. The molecular formula is C21H11Cl6F9I6N-. The maximum atomic E-state index is 12.1. The molecule has 0 fully saturated rings. The van der Waals surface area contributed by atoms with Gasteiger partial charge >= 0.3 is 69.0 Å². The van der Waals surface area contributed by atoms with Gasteiger partial charge < -0.3 is 5.73 Å². The summed E-state index contributed by atoms with van der Waals surface area (Å²) in [5, 5.41) is -0.572. The van der Waals surface area contributed by atoms with Crippen molar-refractivity contribution in [3.63, 3.8) is 0 Å². The Hall–Kier alpha value is 2.95. The van der Waals surface area contributed by atoms with Crippen LogP contribution in [0.15, 0.2) is 48.5 Å². The molecule has 0 aliphatic rings. The van der Waals surface area contributed by atoms with E-state index in [0.29, 0.717) is 18.3 Å². The van der Waals surface area contributed by atoms with Crippen molar-refractivity contribution in [1.29, 1.82) is 0 Å². The number of nitrogen functional groups attached to an aromatic ring is 1. The first-order valence-corrected chi connectivity index (χ1v) is 30.6. The van der Waals surface area contributed by atoms with Gasteiger partial charge in [-0.2, -0.15) is 39.5 Å². The van der Waals surface area contributed by atoms with Crippen molar-refractivity contribution >= 4 is 174 Å². The molecule has 0 amide bonds. The monoisotopic (exact) mass is 1420 g/mol. The topological polar surface area (TPSA) is 26.0 Å². The molecule has 0 bridgehead atoms. The van der Waals surface area contributed by atoms with E-state index in [4.69, 9.17) is 75.3 Å². The van der Waals surface area contributed by atoms with Crippen LogP contribution in [0.5, 0.6) is 0 Å². The summed E-state index contributed by atoms with van der Waals surface area (Å²) < 4.78 is 108. The van der Waals surface area contributed by atoms with Crippen LogP contribution in [0.3, 0.4) is 0 Å². The predicted molar refractivity (Wildman–Crippen MR) is 200 cm³/mol. The fraction of sp³-hybridized carbons (Fsp3) is 0.143. The Bertz CT molecular complexity index is 1130. The third-order valence-corrected chi connectivity index (χ3v) is 5.96. The van der Waals surface area contributed by atoms with Crippen molar-refractivity contribution in [2.75, 3.05) is 5.73 Å². The average molecular weight is 1420 g/mol. The van der Waals surface area contributed by atoms with Gasteiger partial charge in [-0.15, -0.1) is 24.0 Å². The Morgan fingerprint density at radius 1 is 0.535 bits per heavy atom. The van der Waals surface area contributed by atoms with E-state index >= 15 is 0 Å². The molecule has 0 saturated heterocycles. The Morgan fingerprint density at radius 3 is 1.05 bits per heavy atom. The molecule has 248 valence electrons. The summed E-state index contributed by atoms with van der Waals surface area (Å²) in [4.78, 5) is 0. The number of anilines is 1. The molecule has 2 N–H and O–H groups in total. The van der Waals surface area contributed by atoms with Gasteiger partial charge in [0, 0.05) is 42.3 Å². The van der Waals surface area contributed by atoms with E-state index in [0.717, 1.165) is 36.4 Å². The molecule has 22 heteroatoms. The normalized spacial score (nSPS) is 10.8. The summed E-state index contributed by atoms with van der Waals surface area (Å²) >= 11 is 42.1. The van der Waals surface area contributed by atoms with Gasteiger partial charge in [0.05, 0.1) is 47.5 Å². The third-order valence-electron chi connectivity index (χ3n) is 3.89. The zero-order valence-corrected chi connectivity index (χ0v) is 37.3. The first-order valence-electron chi connectivity index (χ1n) is 9.43. The zero-order chi connectivity index (χ0) is 33.6. The van der Waals surface area contributed by atoms with E-state index in [1.807, 2.05) is 0 Å². The maximum absolute atomic E-state index is 12.1. The summed E-state index contributed by atoms with van der Waals surface area (Å²) in [5.41, 5.74) is 2.72. The minimum atomic E-state index is -4.46. The number of benzene rings is 3. The minimum absolute atomic E-state index is 0. The van der Waals surface area contributed by atoms with Crippen LogP contribution in [0.1, 0.15) is 16.7 Å². The molecule has 3 aromatic rings. The van der Waals surface area contributed by atoms with Crippen LogP contribution < -0.4 is 19.0 Å². The first-order chi connectivity index (χ1) is 19.1. The number of hydrogen-bond donors (Lipinski definition) is 1. The second kappa shape index (κ2) is 24.2. The number of hydrogen-bond acceptors (Lipinski definition) is 1. The van der Waals surface area contributed by atoms with Crippen molar-refractivity contribution in [3.05, 3.63) is 95.4 Å². The van der Waals surface area contributed by atoms with E-state index in [2.05, 4.69) is 74.5 Å². The van der Waals surface area contributed by atoms with Crippen LogP contribution in [0.2, 0.25) is 30.1 Å². The van der Waals surface area contributed by atoms with E-state index in [1.165, 1.54) is 12.1 Å². The summed E-state index contributed by atoms with van der Waals surface area (Å²) in [6.45, 7) is 0. The van der Waals surface area contributed by atoms with Crippen LogP contribution in [0, 0.1) is 0 Å². The molecule has 3 aromatic carbocycles. The van der Waals surface area contributed by atoms with E-state index in [9.17, 15) is 39.5 Å². The van der Waals surface area contributed by atoms with Gasteiger partial charge in [0.25, 0.3) is 0 Å². The molecule has 0 aliphatic heterocycles. The molecule has 0 unspecified atom stereocenters. The van der Waals surface area contributed by atoms with Crippen LogP contribution in [-0.2, 0) is 18.5 Å². The van der Waals surface area contributed by atoms with Crippen molar-refractivity contribution in [1.82, 2.24) is 0 Å². The molecule has 0 aliphatic carbocycles. The van der Waals surface area contributed by atoms with Crippen LogP contribution in [-0.4, -0.2) is 0 Å². The zero-order valence-electron chi connectivity index (χ0n) is 19.7. The van der Waals surface area contributed by atoms with E-state index in [1.54, 1.807) is 0 Å². The molecule has 0 radical (unpaired) electrons. The number of rotatable bonds is 0. The Morgan fingerprint density at radius 2 is 0.791 bits per heavy atom. The second-order valence-corrected chi connectivity index (χ2v) is 25.4. The van der Waals surface area contributed by atoms with Crippen molar-refractivity contribution < 1.29 is 52.8 Å². The van der Waals surface area contributed by atoms with Gasteiger partial charge in [-0.05, 0) is 48.5 Å². The smallest absolute Gasteiger partial charge is 0.396 e. The summed E-state index contributed by atoms with van der Waals surface area (Å²) in [6, 6.07) is 7.26. The van der Waals surface area contributed by atoms with Crippen LogP contribution in [0.4, 0.5) is 45.2 Å². The average Bonchev–Trinajstić information content (AvgIpc) is 2.86. The predicted octanol–water partition coefficient (Wildman–Crippen LogP) is 12.8. The van der Waals surface area contributed by atoms with Crippen molar-refractivity contribution in [2.24, 2.45) is 0 Å². The minimum Gasteiger partial charge on any atom is -0.396 e. The molecule has 0 saturated carbocycles. The van der Waals surface area contributed by atoms with Gasteiger partial charge in [-0.1, -0.05) is 69.6 Å². The number of halogens is 21. The summed E-state index contributed by atoms with van der Waals surface area (Å²) in [5.74, 6) is 0. The van der Waals surface area contributed by atoms with Gasteiger partial charge in [0.15, 0.2) is 0 Å².